The normalized spacial score (nSPS) is 11.9. The highest BCUT2D eigenvalue weighted by Gasteiger charge is 2.24. The second-order valence-electron chi connectivity index (χ2n) is 5.36. The van der Waals surface area contributed by atoms with Gasteiger partial charge in [-0.3, -0.25) is 0 Å². The molecule has 0 aliphatic rings. The van der Waals surface area contributed by atoms with Crippen molar-refractivity contribution < 1.29 is 0 Å². The van der Waals surface area contributed by atoms with Gasteiger partial charge in [0.1, 0.15) is 11.6 Å². The van der Waals surface area contributed by atoms with Gasteiger partial charge in [-0.25, -0.2) is 9.97 Å². The lowest BCUT2D eigenvalue weighted by molar-refractivity contribution is 0.573. The Balaban J connectivity index is 2.82. The summed E-state index contributed by atoms with van der Waals surface area (Å²) < 4.78 is 0.302. The number of rotatable bonds is 7. The molecule has 0 bridgehead atoms. The lowest BCUT2D eigenvalue weighted by atomic mass is 10.0. The Morgan fingerprint density at radius 1 is 1.26 bits per heavy atom. The molecule has 3 nitrogen and oxygen atoms in total. The van der Waals surface area contributed by atoms with Gasteiger partial charge in [0.05, 0.1) is 0 Å². The van der Waals surface area contributed by atoms with Gasteiger partial charge in [0.25, 0.3) is 0 Å². The summed E-state index contributed by atoms with van der Waals surface area (Å²) in [5.74, 6) is 2.24. The number of thioether (sulfide) groups is 1. The van der Waals surface area contributed by atoms with Crippen LogP contribution in [0.4, 0.5) is 5.82 Å². The molecular weight excluding hydrogens is 254 g/mol. The molecule has 0 atom stereocenters. The molecule has 0 aliphatic heterocycles. The van der Waals surface area contributed by atoms with E-state index in [1.807, 2.05) is 24.8 Å². The molecule has 4 heteroatoms. The van der Waals surface area contributed by atoms with Gasteiger partial charge in [0, 0.05) is 29.0 Å². The Labute approximate surface area is 122 Å². The summed E-state index contributed by atoms with van der Waals surface area (Å²) in [6.07, 6.45) is 4.52. The van der Waals surface area contributed by atoms with E-state index < -0.39 is 0 Å². The average Bonchev–Trinajstić information content (AvgIpc) is 2.40. The van der Waals surface area contributed by atoms with Gasteiger partial charge < -0.3 is 5.32 Å². The summed E-state index contributed by atoms with van der Waals surface area (Å²) in [5, 5.41) is 3.50. The van der Waals surface area contributed by atoms with Crippen LogP contribution in [0.25, 0.3) is 0 Å². The fourth-order valence-corrected chi connectivity index (χ4v) is 2.85. The highest BCUT2D eigenvalue weighted by Crippen LogP contribution is 2.30. The Morgan fingerprint density at radius 3 is 2.37 bits per heavy atom. The smallest absolute Gasteiger partial charge is 0.133 e. The highest BCUT2D eigenvalue weighted by atomic mass is 32.2. The highest BCUT2D eigenvalue weighted by molar-refractivity contribution is 8.00. The van der Waals surface area contributed by atoms with E-state index in [1.165, 1.54) is 12.8 Å². The molecule has 1 aromatic rings. The van der Waals surface area contributed by atoms with Crippen molar-refractivity contribution in [2.45, 2.75) is 58.1 Å². The fourth-order valence-electron chi connectivity index (χ4n) is 2.05. The maximum atomic E-state index is 4.61. The number of nitrogens with one attached hydrogen (secondary N) is 1. The molecular formula is C15H27N3S. The van der Waals surface area contributed by atoms with E-state index in [1.54, 1.807) is 0 Å². The van der Waals surface area contributed by atoms with E-state index in [0.29, 0.717) is 10.7 Å². The summed E-state index contributed by atoms with van der Waals surface area (Å²) in [5.41, 5.74) is 1.03. The SMILES string of the molecule is CCC(CC)(CNc1cc(C)nc(C(C)C)n1)SC. The molecule has 0 saturated heterocycles. The maximum absolute atomic E-state index is 4.61. The molecule has 0 radical (unpaired) electrons. The zero-order valence-corrected chi connectivity index (χ0v) is 13.9. The Kier molecular flexibility index (Phi) is 6.11. The van der Waals surface area contributed by atoms with Crippen LogP contribution in [0.15, 0.2) is 6.07 Å². The topological polar surface area (TPSA) is 37.8 Å². The van der Waals surface area contributed by atoms with Crippen molar-refractivity contribution in [2.24, 2.45) is 0 Å². The number of hydrogen-bond acceptors (Lipinski definition) is 4. The largest absolute Gasteiger partial charge is 0.369 e. The minimum absolute atomic E-state index is 0.302. The fraction of sp³-hybridized carbons (Fsp3) is 0.733. The van der Waals surface area contributed by atoms with Gasteiger partial charge in [0.15, 0.2) is 0 Å². The summed E-state index contributed by atoms with van der Waals surface area (Å²) in [6.45, 7) is 11.7. The van der Waals surface area contributed by atoms with E-state index in [9.17, 15) is 0 Å². The second-order valence-corrected chi connectivity index (χ2v) is 6.63. The number of anilines is 1. The Morgan fingerprint density at radius 2 is 1.89 bits per heavy atom. The van der Waals surface area contributed by atoms with Crippen molar-refractivity contribution in [3.05, 3.63) is 17.6 Å². The van der Waals surface area contributed by atoms with Crippen LogP contribution in [0.3, 0.4) is 0 Å². The van der Waals surface area contributed by atoms with Gasteiger partial charge in [-0.2, -0.15) is 11.8 Å². The average molecular weight is 281 g/mol. The predicted octanol–water partition coefficient (Wildman–Crippen LogP) is 4.24. The molecule has 1 aromatic heterocycles. The zero-order chi connectivity index (χ0) is 14.5. The van der Waals surface area contributed by atoms with Crippen LogP contribution >= 0.6 is 11.8 Å². The monoisotopic (exact) mass is 281 g/mol. The van der Waals surface area contributed by atoms with E-state index in [2.05, 4.69) is 49.2 Å². The molecule has 0 saturated carbocycles. The molecule has 0 unspecified atom stereocenters. The molecule has 0 fully saturated rings. The van der Waals surface area contributed by atoms with Gasteiger partial charge in [-0.05, 0) is 26.0 Å². The van der Waals surface area contributed by atoms with Crippen LogP contribution in [0.5, 0.6) is 0 Å². The molecule has 0 amide bonds. The van der Waals surface area contributed by atoms with Crippen LogP contribution in [-0.2, 0) is 0 Å². The Hall–Kier alpha value is -0.770. The lowest BCUT2D eigenvalue weighted by Gasteiger charge is -2.30. The lowest BCUT2D eigenvalue weighted by Crippen LogP contribution is -2.32. The van der Waals surface area contributed by atoms with Crippen LogP contribution in [0.1, 0.15) is 58.0 Å². The van der Waals surface area contributed by atoms with E-state index in [4.69, 9.17) is 0 Å². The first-order chi connectivity index (χ1) is 8.96. The molecule has 1 heterocycles. The summed E-state index contributed by atoms with van der Waals surface area (Å²) in [7, 11) is 0. The number of hydrogen-bond donors (Lipinski definition) is 1. The van der Waals surface area contributed by atoms with Gasteiger partial charge in [0.2, 0.25) is 0 Å². The second kappa shape index (κ2) is 7.13. The molecule has 0 aliphatic carbocycles. The third-order valence-electron chi connectivity index (χ3n) is 3.70. The first-order valence-electron chi connectivity index (χ1n) is 7.11. The number of nitrogens with zero attached hydrogens (tertiary/aromatic N) is 2. The Bertz CT molecular complexity index is 392. The summed E-state index contributed by atoms with van der Waals surface area (Å²) in [4.78, 5) is 9.09. The van der Waals surface area contributed by atoms with E-state index >= 15 is 0 Å². The van der Waals surface area contributed by atoms with Crippen LogP contribution < -0.4 is 5.32 Å². The number of aryl methyl sites for hydroxylation is 1. The third-order valence-corrected chi connectivity index (χ3v) is 5.29. The first-order valence-corrected chi connectivity index (χ1v) is 8.33. The van der Waals surface area contributed by atoms with Gasteiger partial charge >= 0.3 is 0 Å². The minimum Gasteiger partial charge on any atom is -0.369 e. The number of aromatic nitrogens is 2. The van der Waals surface area contributed by atoms with Crippen LogP contribution in [0, 0.1) is 6.92 Å². The predicted molar refractivity (Wildman–Crippen MR) is 86.2 cm³/mol. The van der Waals surface area contributed by atoms with Crippen molar-refractivity contribution in [3.8, 4) is 0 Å². The van der Waals surface area contributed by atoms with Crippen molar-refractivity contribution in [3.63, 3.8) is 0 Å². The molecule has 0 aromatic carbocycles. The van der Waals surface area contributed by atoms with E-state index in [0.717, 1.165) is 23.9 Å². The van der Waals surface area contributed by atoms with Gasteiger partial charge in [-0.15, -0.1) is 0 Å². The molecule has 108 valence electrons. The quantitative estimate of drug-likeness (QED) is 0.811. The summed E-state index contributed by atoms with van der Waals surface area (Å²) in [6, 6.07) is 2.03. The van der Waals surface area contributed by atoms with Crippen molar-refractivity contribution >= 4 is 17.6 Å². The first kappa shape index (κ1) is 16.3. The zero-order valence-electron chi connectivity index (χ0n) is 13.1. The van der Waals surface area contributed by atoms with Crippen molar-refractivity contribution in [1.82, 2.24) is 9.97 Å². The van der Waals surface area contributed by atoms with Crippen LogP contribution in [-0.4, -0.2) is 27.5 Å². The molecule has 19 heavy (non-hydrogen) atoms. The minimum atomic E-state index is 0.302. The van der Waals surface area contributed by atoms with Crippen LogP contribution in [0.2, 0.25) is 0 Å². The van der Waals surface area contributed by atoms with Gasteiger partial charge in [-0.1, -0.05) is 27.7 Å². The maximum Gasteiger partial charge on any atom is 0.133 e. The van der Waals surface area contributed by atoms with E-state index in [-0.39, 0.29) is 0 Å². The van der Waals surface area contributed by atoms with Crippen molar-refractivity contribution in [1.29, 1.82) is 0 Å². The molecule has 1 N–H and O–H groups in total. The molecule has 0 spiro atoms. The molecule has 1 rings (SSSR count). The van der Waals surface area contributed by atoms with Crippen molar-refractivity contribution in [2.75, 3.05) is 18.1 Å². The third kappa shape index (κ3) is 4.37. The summed E-state index contributed by atoms with van der Waals surface area (Å²) >= 11 is 1.95. The standard InChI is InChI=1S/C15H27N3S/c1-7-15(8-2,19-6)10-16-13-9-12(5)17-14(18-13)11(3)4/h9,11H,7-8,10H2,1-6H3,(H,16,17,18).